The van der Waals surface area contributed by atoms with Gasteiger partial charge in [0.05, 0.1) is 12.2 Å². The normalized spacial score (nSPS) is 10.6. The largest absolute Gasteiger partial charge is 0.462 e. The summed E-state index contributed by atoms with van der Waals surface area (Å²) >= 11 is 0. The second-order valence-corrected chi connectivity index (χ2v) is 4.63. The van der Waals surface area contributed by atoms with Crippen molar-refractivity contribution in [1.29, 1.82) is 0 Å². The van der Waals surface area contributed by atoms with Crippen LogP contribution in [0.15, 0.2) is 67.0 Å². The minimum Gasteiger partial charge on any atom is -0.462 e. The monoisotopic (exact) mass is 265 g/mol. The fourth-order valence-electron chi connectivity index (χ4n) is 2.14. The first-order valence-corrected chi connectivity index (χ1v) is 6.61. The Morgan fingerprint density at radius 3 is 2.70 bits per heavy atom. The fraction of sp³-hybridized carbons (Fsp3) is 0.118. The highest BCUT2D eigenvalue weighted by molar-refractivity contribution is 5.89. The maximum absolute atomic E-state index is 12.0. The van der Waals surface area contributed by atoms with Crippen LogP contribution in [-0.2, 0) is 11.2 Å². The molecule has 3 aromatic rings. The second kappa shape index (κ2) is 5.61. The zero-order valence-corrected chi connectivity index (χ0v) is 11.0. The van der Waals surface area contributed by atoms with Gasteiger partial charge in [0.15, 0.2) is 0 Å². The highest BCUT2D eigenvalue weighted by Gasteiger charge is 2.07. The summed E-state index contributed by atoms with van der Waals surface area (Å²) in [5.41, 5.74) is 2.80. The number of hydrogen-bond donors (Lipinski definition) is 0. The third-order valence-electron chi connectivity index (χ3n) is 3.23. The van der Waals surface area contributed by atoms with E-state index in [2.05, 4.69) is 0 Å². The first-order valence-electron chi connectivity index (χ1n) is 6.61. The molecule has 0 aliphatic rings. The molecule has 1 aromatic carbocycles. The predicted octanol–water partition coefficient (Wildman–Crippen LogP) is 3.34. The van der Waals surface area contributed by atoms with Crippen molar-refractivity contribution in [1.82, 2.24) is 4.40 Å². The van der Waals surface area contributed by atoms with Crippen LogP contribution in [0.4, 0.5) is 0 Å². The van der Waals surface area contributed by atoms with Gasteiger partial charge in [-0.3, -0.25) is 0 Å². The van der Waals surface area contributed by atoms with Crippen molar-refractivity contribution in [2.45, 2.75) is 6.42 Å². The lowest BCUT2D eigenvalue weighted by molar-refractivity contribution is 0.0508. The van der Waals surface area contributed by atoms with Crippen LogP contribution >= 0.6 is 0 Å². The number of fused-ring (bicyclic) bond motifs is 1. The lowest BCUT2D eigenvalue weighted by Gasteiger charge is -2.05. The average molecular weight is 265 g/mol. The molecule has 0 aliphatic heterocycles. The van der Waals surface area contributed by atoms with Crippen molar-refractivity contribution < 1.29 is 9.53 Å². The first-order chi connectivity index (χ1) is 9.83. The Bertz CT molecular complexity index is 716. The van der Waals surface area contributed by atoms with Gasteiger partial charge in [0, 0.05) is 24.3 Å². The van der Waals surface area contributed by atoms with Crippen LogP contribution in [0.25, 0.3) is 5.52 Å². The number of ether oxygens (including phenoxy) is 1. The Hall–Kier alpha value is -2.55. The van der Waals surface area contributed by atoms with Crippen molar-refractivity contribution >= 4 is 11.5 Å². The summed E-state index contributed by atoms with van der Waals surface area (Å²) in [6, 6.07) is 17.6. The number of carbonyl (C=O) groups excluding carboxylic acids is 1. The molecule has 0 spiro atoms. The number of nitrogens with zero attached hydrogens (tertiary/aromatic N) is 1. The minimum absolute atomic E-state index is 0.281. The van der Waals surface area contributed by atoms with Gasteiger partial charge in [0.1, 0.15) is 0 Å². The summed E-state index contributed by atoms with van der Waals surface area (Å²) in [4.78, 5) is 12.0. The number of pyridine rings is 1. The molecular weight excluding hydrogens is 250 g/mol. The minimum atomic E-state index is -0.281. The highest BCUT2D eigenvalue weighted by Crippen LogP contribution is 2.09. The molecule has 3 nitrogen and oxygen atoms in total. The molecule has 0 atom stereocenters. The van der Waals surface area contributed by atoms with Crippen LogP contribution in [0.5, 0.6) is 0 Å². The summed E-state index contributed by atoms with van der Waals surface area (Å²) in [5.74, 6) is -0.281. The topological polar surface area (TPSA) is 30.7 Å². The number of carbonyl (C=O) groups is 1. The molecule has 3 rings (SSSR count). The lowest BCUT2D eigenvalue weighted by Crippen LogP contribution is -2.08. The average Bonchev–Trinajstić information content (AvgIpc) is 2.95. The Kier molecular flexibility index (Phi) is 3.50. The third kappa shape index (κ3) is 2.72. The summed E-state index contributed by atoms with van der Waals surface area (Å²) < 4.78 is 7.22. The fourth-order valence-corrected chi connectivity index (χ4v) is 2.14. The molecule has 2 heterocycles. The highest BCUT2D eigenvalue weighted by atomic mass is 16.5. The van der Waals surface area contributed by atoms with Crippen LogP contribution in [0, 0.1) is 0 Å². The van der Waals surface area contributed by atoms with Crippen molar-refractivity contribution in [2.75, 3.05) is 6.61 Å². The van der Waals surface area contributed by atoms with Crippen LogP contribution < -0.4 is 0 Å². The Morgan fingerprint density at radius 1 is 1.00 bits per heavy atom. The molecule has 100 valence electrons. The van der Waals surface area contributed by atoms with Crippen molar-refractivity contribution in [3.05, 3.63) is 78.1 Å². The number of aromatic nitrogens is 1. The second-order valence-electron chi connectivity index (χ2n) is 4.63. The summed E-state index contributed by atoms with van der Waals surface area (Å²) in [5, 5.41) is 0. The van der Waals surface area contributed by atoms with E-state index in [0.29, 0.717) is 12.2 Å². The number of benzene rings is 1. The Morgan fingerprint density at radius 2 is 1.85 bits per heavy atom. The van der Waals surface area contributed by atoms with Gasteiger partial charge in [-0.2, -0.15) is 0 Å². The predicted molar refractivity (Wildman–Crippen MR) is 77.8 cm³/mol. The van der Waals surface area contributed by atoms with Gasteiger partial charge in [-0.15, -0.1) is 0 Å². The van der Waals surface area contributed by atoms with E-state index in [4.69, 9.17) is 4.74 Å². The summed E-state index contributed by atoms with van der Waals surface area (Å²) in [7, 11) is 0. The number of esters is 1. The quantitative estimate of drug-likeness (QED) is 0.677. The molecule has 0 radical (unpaired) electrons. The van der Waals surface area contributed by atoms with Crippen LogP contribution in [-0.4, -0.2) is 17.0 Å². The van der Waals surface area contributed by atoms with E-state index in [1.54, 1.807) is 12.3 Å². The molecule has 0 fully saturated rings. The van der Waals surface area contributed by atoms with Gasteiger partial charge in [-0.25, -0.2) is 4.79 Å². The molecule has 0 aliphatic carbocycles. The van der Waals surface area contributed by atoms with E-state index < -0.39 is 0 Å². The maximum atomic E-state index is 12.0. The summed E-state index contributed by atoms with van der Waals surface area (Å²) in [6.45, 7) is 0.395. The van der Waals surface area contributed by atoms with Gasteiger partial charge >= 0.3 is 5.97 Å². The molecule has 0 unspecified atom stereocenters. The Labute approximate surface area is 117 Å². The lowest BCUT2D eigenvalue weighted by atomic mass is 10.2. The molecule has 20 heavy (non-hydrogen) atoms. The van der Waals surface area contributed by atoms with E-state index in [-0.39, 0.29) is 5.97 Å². The van der Waals surface area contributed by atoms with Gasteiger partial charge in [-0.1, -0.05) is 30.3 Å². The van der Waals surface area contributed by atoms with Crippen LogP contribution in [0.1, 0.15) is 15.9 Å². The molecule has 0 saturated carbocycles. The van der Waals surface area contributed by atoms with Crippen LogP contribution in [0.3, 0.4) is 0 Å². The summed E-state index contributed by atoms with van der Waals surface area (Å²) in [6.07, 6.45) is 4.44. The Balaban J connectivity index is 1.61. The van der Waals surface area contributed by atoms with E-state index in [0.717, 1.165) is 11.9 Å². The van der Waals surface area contributed by atoms with Gasteiger partial charge in [-0.05, 0) is 29.8 Å². The van der Waals surface area contributed by atoms with Crippen LogP contribution in [0.2, 0.25) is 0 Å². The van der Waals surface area contributed by atoms with Crippen molar-refractivity contribution in [3.63, 3.8) is 0 Å². The van der Waals surface area contributed by atoms with Gasteiger partial charge in [0.2, 0.25) is 0 Å². The van der Waals surface area contributed by atoms with E-state index >= 15 is 0 Å². The van der Waals surface area contributed by atoms with E-state index in [9.17, 15) is 4.79 Å². The smallest absolute Gasteiger partial charge is 0.339 e. The van der Waals surface area contributed by atoms with Crippen molar-refractivity contribution in [2.24, 2.45) is 0 Å². The van der Waals surface area contributed by atoms with E-state index in [1.807, 2.05) is 59.1 Å². The molecule has 0 N–H and O–H groups in total. The maximum Gasteiger partial charge on any atom is 0.339 e. The zero-order valence-electron chi connectivity index (χ0n) is 11.0. The molecule has 3 heteroatoms. The molecular formula is C17H15NO2. The molecule has 0 amide bonds. The standard InChI is InChI=1S/C17H15NO2/c19-17(20-12-10-14-5-2-1-3-6-14)15-8-9-16-7-4-11-18(16)13-15/h1-9,11,13H,10,12H2. The SMILES string of the molecule is O=C(OCCc1ccccc1)c1ccc2cccn2c1. The van der Waals surface area contributed by atoms with Crippen molar-refractivity contribution in [3.8, 4) is 0 Å². The zero-order chi connectivity index (χ0) is 13.8. The molecule has 0 saturated heterocycles. The number of rotatable bonds is 4. The molecule has 2 aromatic heterocycles. The third-order valence-corrected chi connectivity index (χ3v) is 3.23. The van der Waals surface area contributed by atoms with Gasteiger partial charge in [0.25, 0.3) is 0 Å². The van der Waals surface area contributed by atoms with E-state index in [1.165, 1.54) is 5.56 Å². The molecule has 0 bridgehead atoms. The van der Waals surface area contributed by atoms with Gasteiger partial charge < -0.3 is 9.14 Å². The first kappa shape index (κ1) is 12.5. The number of hydrogen-bond acceptors (Lipinski definition) is 2.